The van der Waals surface area contributed by atoms with Crippen molar-refractivity contribution in [1.82, 2.24) is 5.32 Å². The topological polar surface area (TPSA) is 75.6 Å². The number of methoxy groups -OCH3 is 1. The average molecular weight is 337 g/mol. The van der Waals surface area contributed by atoms with Crippen LogP contribution in [0.15, 0.2) is 30.3 Å². The summed E-state index contributed by atoms with van der Waals surface area (Å²) >= 11 is 1.68. The van der Waals surface area contributed by atoms with E-state index in [-0.39, 0.29) is 23.2 Å². The Bertz CT molecular complexity index is 523. The number of rotatable bonds is 7. The van der Waals surface area contributed by atoms with Gasteiger partial charge in [-0.25, -0.2) is 0 Å². The number of carbonyl (C=O) groups excluding carboxylic acids is 2. The molecule has 6 heteroatoms. The quantitative estimate of drug-likeness (QED) is 0.588. The van der Waals surface area contributed by atoms with Gasteiger partial charge in [-0.15, -0.1) is 0 Å². The van der Waals surface area contributed by atoms with Crippen LogP contribution in [0.1, 0.15) is 36.0 Å². The lowest BCUT2D eigenvalue weighted by Gasteiger charge is -2.19. The Kier molecular flexibility index (Phi) is 6.92. The fraction of sp³-hybridized carbons (Fsp3) is 0.529. The number of hydrogen-bond acceptors (Lipinski definition) is 5. The third kappa shape index (κ3) is 5.25. The molecule has 3 atom stereocenters. The molecule has 0 unspecified atom stereocenters. The molecule has 1 aromatic rings. The number of benzene rings is 1. The molecule has 0 saturated carbocycles. The van der Waals surface area contributed by atoms with Gasteiger partial charge in [0, 0.05) is 23.0 Å². The summed E-state index contributed by atoms with van der Waals surface area (Å²) in [5, 5.41) is 13.4. The Morgan fingerprint density at radius 2 is 2.04 bits per heavy atom. The SMILES string of the molecule is COC(=O)CCCC[C@@H]1SC[C@@H](NC(=O)c2ccccc2)[C@@H]1O. The predicted molar refractivity (Wildman–Crippen MR) is 90.4 cm³/mol. The molecule has 2 N–H and O–H groups in total. The van der Waals surface area contributed by atoms with Crippen LogP contribution in [0.25, 0.3) is 0 Å². The molecule has 1 aromatic carbocycles. The number of amides is 1. The first-order valence-corrected chi connectivity index (χ1v) is 8.89. The molecule has 0 aliphatic carbocycles. The molecule has 0 spiro atoms. The van der Waals surface area contributed by atoms with Gasteiger partial charge in [-0.2, -0.15) is 11.8 Å². The Hall–Kier alpha value is -1.53. The maximum atomic E-state index is 12.1. The normalized spacial score (nSPS) is 23.5. The second kappa shape index (κ2) is 8.93. The molecular weight excluding hydrogens is 314 g/mol. The summed E-state index contributed by atoms with van der Waals surface area (Å²) in [6.45, 7) is 0. The number of aliphatic hydroxyl groups is 1. The summed E-state index contributed by atoms with van der Waals surface area (Å²) in [6, 6.07) is 8.79. The number of carbonyl (C=O) groups is 2. The minimum atomic E-state index is -0.550. The zero-order chi connectivity index (χ0) is 16.7. The minimum Gasteiger partial charge on any atom is -0.469 e. The second-order valence-electron chi connectivity index (χ2n) is 5.63. The van der Waals surface area contributed by atoms with Gasteiger partial charge in [-0.3, -0.25) is 9.59 Å². The predicted octanol–water partition coefficient (Wildman–Crippen LogP) is 1.99. The average Bonchev–Trinajstić information content (AvgIpc) is 2.92. The van der Waals surface area contributed by atoms with Gasteiger partial charge < -0.3 is 15.2 Å². The second-order valence-corrected chi connectivity index (χ2v) is 6.90. The van der Waals surface area contributed by atoms with E-state index in [1.54, 1.807) is 23.9 Å². The van der Waals surface area contributed by atoms with Crippen molar-refractivity contribution in [2.45, 2.75) is 43.1 Å². The van der Waals surface area contributed by atoms with E-state index in [0.29, 0.717) is 17.7 Å². The summed E-state index contributed by atoms with van der Waals surface area (Å²) in [5.41, 5.74) is 0.603. The smallest absolute Gasteiger partial charge is 0.305 e. The summed E-state index contributed by atoms with van der Waals surface area (Å²) in [6.07, 6.45) is 2.32. The number of thioether (sulfide) groups is 1. The molecule has 1 amide bonds. The maximum Gasteiger partial charge on any atom is 0.305 e. The third-order valence-corrected chi connectivity index (χ3v) is 5.48. The lowest BCUT2D eigenvalue weighted by Crippen LogP contribution is -2.44. The number of unbranched alkanes of at least 4 members (excludes halogenated alkanes) is 1. The molecule has 1 saturated heterocycles. The summed E-state index contributed by atoms with van der Waals surface area (Å²) in [7, 11) is 1.39. The van der Waals surface area contributed by atoms with E-state index < -0.39 is 6.10 Å². The summed E-state index contributed by atoms with van der Waals surface area (Å²) < 4.78 is 4.61. The first-order chi connectivity index (χ1) is 11.1. The van der Waals surface area contributed by atoms with Crippen LogP contribution in [-0.2, 0) is 9.53 Å². The lowest BCUT2D eigenvalue weighted by molar-refractivity contribution is -0.140. The number of aliphatic hydroxyl groups excluding tert-OH is 1. The molecule has 126 valence electrons. The fourth-order valence-corrected chi connectivity index (χ4v) is 4.08. The molecule has 1 heterocycles. The van der Waals surface area contributed by atoms with E-state index in [4.69, 9.17) is 0 Å². The van der Waals surface area contributed by atoms with Crippen LogP contribution < -0.4 is 5.32 Å². The molecule has 0 radical (unpaired) electrons. The van der Waals surface area contributed by atoms with E-state index in [0.717, 1.165) is 19.3 Å². The molecular formula is C17H23NO4S. The van der Waals surface area contributed by atoms with Gasteiger partial charge in [0.25, 0.3) is 5.91 Å². The number of ether oxygens (including phenoxy) is 1. The molecule has 0 bridgehead atoms. The molecule has 1 fully saturated rings. The van der Waals surface area contributed by atoms with Crippen molar-refractivity contribution >= 4 is 23.6 Å². The Morgan fingerprint density at radius 3 is 2.74 bits per heavy atom. The number of esters is 1. The highest BCUT2D eigenvalue weighted by molar-refractivity contribution is 8.00. The first-order valence-electron chi connectivity index (χ1n) is 7.84. The Morgan fingerprint density at radius 1 is 1.30 bits per heavy atom. The van der Waals surface area contributed by atoms with Crippen LogP contribution >= 0.6 is 11.8 Å². The van der Waals surface area contributed by atoms with E-state index >= 15 is 0 Å². The highest BCUT2D eigenvalue weighted by Gasteiger charge is 2.35. The maximum absolute atomic E-state index is 12.1. The fourth-order valence-electron chi connectivity index (χ4n) is 2.62. The van der Waals surface area contributed by atoms with Crippen LogP contribution in [0.3, 0.4) is 0 Å². The number of nitrogens with one attached hydrogen (secondary N) is 1. The van der Waals surface area contributed by atoms with E-state index in [9.17, 15) is 14.7 Å². The van der Waals surface area contributed by atoms with E-state index in [2.05, 4.69) is 10.1 Å². The molecule has 1 aliphatic heterocycles. The highest BCUT2D eigenvalue weighted by Crippen LogP contribution is 2.31. The van der Waals surface area contributed by atoms with Gasteiger partial charge in [-0.1, -0.05) is 24.6 Å². The Labute approximate surface area is 140 Å². The summed E-state index contributed by atoms with van der Waals surface area (Å²) in [5.74, 6) is 0.362. The zero-order valence-corrected chi connectivity index (χ0v) is 14.1. The van der Waals surface area contributed by atoms with Crippen molar-refractivity contribution in [3.05, 3.63) is 35.9 Å². The van der Waals surface area contributed by atoms with Crippen molar-refractivity contribution in [2.75, 3.05) is 12.9 Å². The van der Waals surface area contributed by atoms with Gasteiger partial charge in [0.2, 0.25) is 0 Å². The molecule has 1 aliphatic rings. The van der Waals surface area contributed by atoms with Crippen LogP contribution in [0.2, 0.25) is 0 Å². The van der Waals surface area contributed by atoms with E-state index in [1.165, 1.54) is 7.11 Å². The molecule has 0 aromatic heterocycles. The van der Waals surface area contributed by atoms with Gasteiger partial charge in [0.05, 0.1) is 19.3 Å². The van der Waals surface area contributed by atoms with E-state index in [1.807, 2.05) is 18.2 Å². The lowest BCUT2D eigenvalue weighted by atomic mass is 10.0. The van der Waals surface area contributed by atoms with Crippen LogP contribution in [0, 0.1) is 0 Å². The van der Waals surface area contributed by atoms with Crippen molar-refractivity contribution in [3.63, 3.8) is 0 Å². The Balaban J connectivity index is 1.74. The van der Waals surface area contributed by atoms with Crippen LogP contribution in [0.5, 0.6) is 0 Å². The van der Waals surface area contributed by atoms with Crippen molar-refractivity contribution < 1.29 is 19.4 Å². The van der Waals surface area contributed by atoms with Gasteiger partial charge in [-0.05, 0) is 25.0 Å². The van der Waals surface area contributed by atoms with Crippen LogP contribution in [0.4, 0.5) is 0 Å². The van der Waals surface area contributed by atoms with Gasteiger partial charge in [0.1, 0.15) is 0 Å². The van der Waals surface area contributed by atoms with Gasteiger partial charge >= 0.3 is 5.97 Å². The standard InChI is InChI=1S/C17H23NO4S/c1-22-15(19)10-6-5-9-14-16(20)13(11-23-14)18-17(21)12-7-3-2-4-8-12/h2-4,7-8,13-14,16,20H,5-6,9-11H2,1H3,(H,18,21)/t13-,14+,16+/m1/s1. The monoisotopic (exact) mass is 337 g/mol. The van der Waals surface area contributed by atoms with Crippen LogP contribution in [-0.4, -0.2) is 47.2 Å². The molecule has 5 nitrogen and oxygen atoms in total. The number of hydrogen-bond donors (Lipinski definition) is 2. The molecule has 2 rings (SSSR count). The highest BCUT2D eigenvalue weighted by atomic mass is 32.2. The molecule has 23 heavy (non-hydrogen) atoms. The van der Waals surface area contributed by atoms with Crippen molar-refractivity contribution in [1.29, 1.82) is 0 Å². The minimum absolute atomic E-state index is 0.105. The largest absolute Gasteiger partial charge is 0.469 e. The first kappa shape index (κ1) is 17.8. The zero-order valence-electron chi connectivity index (χ0n) is 13.2. The van der Waals surface area contributed by atoms with Gasteiger partial charge in [0.15, 0.2) is 0 Å². The third-order valence-electron chi connectivity index (χ3n) is 3.98. The summed E-state index contributed by atoms with van der Waals surface area (Å²) in [4.78, 5) is 23.2. The van der Waals surface area contributed by atoms with Crippen molar-refractivity contribution in [2.24, 2.45) is 0 Å². The van der Waals surface area contributed by atoms with Crippen molar-refractivity contribution in [3.8, 4) is 0 Å².